The normalized spacial score (nSPS) is 11.9. The molecule has 0 saturated carbocycles. The molecule has 0 radical (unpaired) electrons. The van der Waals surface area contributed by atoms with Crippen LogP contribution in [0.4, 0.5) is 0 Å². The van der Waals surface area contributed by atoms with Crippen LogP contribution in [-0.4, -0.2) is 34.6 Å². The van der Waals surface area contributed by atoms with E-state index in [4.69, 9.17) is 23.2 Å². The Morgan fingerprint density at radius 1 is 1.00 bits per heavy atom. The smallest absolute Gasteiger partial charge is 0.242 e. The second-order valence-electron chi connectivity index (χ2n) is 6.66. The minimum absolute atomic E-state index is 0.0190. The molecule has 2 aromatic rings. The number of benzene rings is 2. The van der Waals surface area contributed by atoms with Crippen molar-refractivity contribution in [1.29, 1.82) is 0 Å². The molecular weight excluding hydrogens is 415 g/mol. The van der Waals surface area contributed by atoms with E-state index in [1.807, 2.05) is 44.2 Å². The van der Waals surface area contributed by atoms with Gasteiger partial charge in [-0.15, -0.1) is 11.8 Å². The molecule has 2 aromatic carbocycles. The topological polar surface area (TPSA) is 49.4 Å². The molecule has 28 heavy (non-hydrogen) atoms. The van der Waals surface area contributed by atoms with Gasteiger partial charge in [0.25, 0.3) is 0 Å². The van der Waals surface area contributed by atoms with E-state index in [0.29, 0.717) is 15.6 Å². The molecule has 0 aliphatic rings. The van der Waals surface area contributed by atoms with Crippen molar-refractivity contribution in [2.24, 2.45) is 0 Å². The molecule has 4 nitrogen and oxygen atoms in total. The third-order valence-electron chi connectivity index (χ3n) is 4.09. The Balaban J connectivity index is 2.21. The second-order valence-corrected chi connectivity index (χ2v) is 8.53. The number of hydrogen-bond acceptors (Lipinski definition) is 3. The largest absolute Gasteiger partial charge is 0.352 e. The summed E-state index contributed by atoms with van der Waals surface area (Å²) >= 11 is 14.0. The lowest BCUT2D eigenvalue weighted by molar-refractivity contribution is -0.138. The molecule has 0 aliphatic heterocycles. The maximum Gasteiger partial charge on any atom is 0.242 e. The standard InChI is InChI=1S/C21H24Cl2N2O2S/c1-14(2)24-21(27)15(3)25(12-17-18(22)10-7-11-19(17)23)20(26)13-28-16-8-5-4-6-9-16/h4-11,14-15H,12-13H2,1-3H3,(H,24,27). The van der Waals surface area contributed by atoms with Crippen molar-refractivity contribution in [1.82, 2.24) is 10.2 Å². The lowest BCUT2D eigenvalue weighted by Gasteiger charge is -2.30. The van der Waals surface area contributed by atoms with E-state index in [1.165, 1.54) is 16.7 Å². The van der Waals surface area contributed by atoms with Gasteiger partial charge < -0.3 is 10.2 Å². The molecule has 0 heterocycles. The predicted molar refractivity (Wildman–Crippen MR) is 117 cm³/mol. The van der Waals surface area contributed by atoms with Crippen LogP contribution in [0.1, 0.15) is 26.3 Å². The van der Waals surface area contributed by atoms with Gasteiger partial charge in [-0.1, -0.05) is 47.5 Å². The van der Waals surface area contributed by atoms with Crippen LogP contribution in [0, 0.1) is 0 Å². The van der Waals surface area contributed by atoms with Gasteiger partial charge in [-0.25, -0.2) is 0 Å². The molecule has 0 aromatic heterocycles. The first-order valence-electron chi connectivity index (χ1n) is 9.00. The molecule has 0 bridgehead atoms. The second kappa shape index (κ2) is 10.7. The number of carbonyl (C=O) groups excluding carboxylic acids is 2. The lowest BCUT2D eigenvalue weighted by Crippen LogP contribution is -2.49. The van der Waals surface area contributed by atoms with Crippen LogP contribution < -0.4 is 5.32 Å². The molecule has 1 atom stereocenters. The van der Waals surface area contributed by atoms with Crippen molar-refractivity contribution >= 4 is 46.8 Å². The van der Waals surface area contributed by atoms with E-state index in [1.54, 1.807) is 25.1 Å². The van der Waals surface area contributed by atoms with E-state index >= 15 is 0 Å². The molecule has 7 heteroatoms. The van der Waals surface area contributed by atoms with Gasteiger partial charge >= 0.3 is 0 Å². The molecule has 0 saturated heterocycles. The van der Waals surface area contributed by atoms with E-state index in [9.17, 15) is 9.59 Å². The van der Waals surface area contributed by atoms with Crippen LogP contribution in [0.3, 0.4) is 0 Å². The summed E-state index contributed by atoms with van der Waals surface area (Å²) in [6.45, 7) is 5.65. The summed E-state index contributed by atoms with van der Waals surface area (Å²) in [5, 5.41) is 3.80. The summed E-state index contributed by atoms with van der Waals surface area (Å²) in [5.74, 6) is -0.154. The summed E-state index contributed by atoms with van der Waals surface area (Å²) < 4.78 is 0. The Hall–Kier alpha value is -1.69. The minimum Gasteiger partial charge on any atom is -0.352 e. The van der Waals surface area contributed by atoms with Gasteiger partial charge in [0.2, 0.25) is 11.8 Å². The van der Waals surface area contributed by atoms with Gasteiger partial charge in [-0.05, 0) is 45.0 Å². The van der Waals surface area contributed by atoms with Crippen molar-refractivity contribution in [3.05, 3.63) is 64.1 Å². The molecule has 150 valence electrons. The predicted octanol–water partition coefficient (Wildman–Crippen LogP) is 5.03. The molecule has 2 amide bonds. The quantitative estimate of drug-likeness (QED) is 0.587. The average molecular weight is 439 g/mol. The first-order chi connectivity index (χ1) is 13.3. The zero-order valence-corrected chi connectivity index (χ0v) is 18.4. The number of thioether (sulfide) groups is 1. The zero-order chi connectivity index (χ0) is 20.7. The highest BCUT2D eigenvalue weighted by atomic mass is 35.5. The Kier molecular flexibility index (Phi) is 8.67. The Bertz CT molecular complexity index is 795. The fourth-order valence-electron chi connectivity index (χ4n) is 2.59. The van der Waals surface area contributed by atoms with Crippen LogP contribution in [0.25, 0.3) is 0 Å². The van der Waals surface area contributed by atoms with Crippen LogP contribution in [0.15, 0.2) is 53.4 Å². The Morgan fingerprint density at radius 3 is 2.18 bits per heavy atom. The number of rotatable bonds is 8. The average Bonchev–Trinajstić information content (AvgIpc) is 2.65. The van der Waals surface area contributed by atoms with E-state index in [-0.39, 0.29) is 30.2 Å². The van der Waals surface area contributed by atoms with E-state index < -0.39 is 6.04 Å². The van der Waals surface area contributed by atoms with Crippen LogP contribution in [-0.2, 0) is 16.1 Å². The van der Waals surface area contributed by atoms with Crippen molar-refractivity contribution in [2.45, 2.75) is 44.3 Å². The van der Waals surface area contributed by atoms with Gasteiger partial charge in [0, 0.05) is 33.1 Å². The molecule has 1 N–H and O–H groups in total. The number of nitrogens with one attached hydrogen (secondary N) is 1. The molecule has 0 spiro atoms. The third-order valence-corrected chi connectivity index (χ3v) is 5.80. The van der Waals surface area contributed by atoms with Gasteiger partial charge in [0.15, 0.2) is 0 Å². The fourth-order valence-corrected chi connectivity index (χ4v) is 3.91. The first kappa shape index (κ1) is 22.6. The van der Waals surface area contributed by atoms with Crippen LogP contribution in [0.2, 0.25) is 10.0 Å². The SMILES string of the molecule is CC(C)NC(=O)C(C)N(Cc1c(Cl)cccc1Cl)C(=O)CSc1ccccc1. The van der Waals surface area contributed by atoms with Crippen molar-refractivity contribution in [3.8, 4) is 0 Å². The zero-order valence-electron chi connectivity index (χ0n) is 16.1. The summed E-state index contributed by atoms with van der Waals surface area (Å²) in [5.41, 5.74) is 0.632. The highest BCUT2D eigenvalue weighted by molar-refractivity contribution is 8.00. The third kappa shape index (κ3) is 6.43. The maximum atomic E-state index is 13.0. The number of hydrogen-bond donors (Lipinski definition) is 1. The molecule has 2 rings (SSSR count). The Labute approximate surface area is 180 Å². The maximum absolute atomic E-state index is 13.0. The summed E-state index contributed by atoms with van der Waals surface area (Å²) in [6.07, 6.45) is 0. The summed E-state index contributed by atoms with van der Waals surface area (Å²) in [4.78, 5) is 28.1. The molecule has 0 fully saturated rings. The van der Waals surface area contributed by atoms with Crippen molar-refractivity contribution in [2.75, 3.05) is 5.75 Å². The van der Waals surface area contributed by atoms with E-state index in [0.717, 1.165) is 4.90 Å². The Morgan fingerprint density at radius 2 is 1.61 bits per heavy atom. The van der Waals surface area contributed by atoms with Gasteiger partial charge in [0.1, 0.15) is 6.04 Å². The van der Waals surface area contributed by atoms with Gasteiger partial charge in [-0.2, -0.15) is 0 Å². The number of amides is 2. The van der Waals surface area contributed by atoms with Gasteiger partial charge in [0.05, 0.1) is 5.75 Å². The molecule has 1 unspecified atom stereocenters. The van der Waals surface area contributed by atoms with Crippen LogP contribution >= 0.6 is 35.0 Å². The van der Waals surface area contributed by atoms with Crippen molar-refractivity contribution < 1.29 is 9.59 Å². The highest BCUT2D eigenvalue weighted by Crippen LogP contribution is 2.27. The summed E-state index contributed by atoms with van der Waals surface area (Å²) in [6, 6.07) is 14.2. The fraction of sp³-hybridized carbons (Fsp3) is 0.333. The van der Waals surface area contributed by atoms with Crippen molar-refractivity contribution in [3.63, 3.8) is 0 Å². The van der Waals surface area contributed by atoms with E-state index in [2.05, 4.69) is 5.32 Å². The molecular formula is C21H24Cl2N2O2S. The number of carbonyl (C=O) groups is 2. The first-order valence-corrected chi connectivity index (χ1v) is 10.7. The number of halogens is 2. The molecule has 0 aliphatic carbocycles. The number of nitrogens with zero attached hydrogens (tertiary/aromatic N) is 1. The monoisotopic (exact) mass is 438 g/mol. The highest BCUT2D eigenvalue weighted by Gasteiger charge is 2.27. The van der Waals surface area contributed by atoms with Gasteiger partial charge in [-0.3, -0.25) is 9.59 Å². The summed E-state index contributed by atoms with van der Waals surface area (Å²) in [7, 11) is 0. The lowest BCUT2D eigenvalue weighted by atomic mass is 10.1. The minimum atomic E-state index is -0.654. The van der Waals surface area contributed by atoms with Crippen LogP contribution in [0.5, 0.6) is 0 Å².